The van der Waals surface area contributed by atoms with Crippen LogP contribution in [0.2, 0.25) is 0 Å². The lowest BCUT2D eigenvalue weighted by atomic mass is 9.70. The number of rotatable bonds is 4. The molecule has 2 aromatic carbocycles. The second kappa shape index (κ2) is 9.31. The molecule has 5 rings (SSSR count). The summed E-state index contributed by atoms with van der Waals surface area (Å²) in [6.07, 6.45) is -5.30. The predicted molar refractivity (Wildman–Crippen MR) is 124 cm³/mol. The third-order valence-electron chi connectivity index (χ3n) is 6.33. The summed E-state index contributed by atoms with van der Waals surface area (Å²) in [6, 6.07) is 11.0. The lowest BCUT2D eigenvalue weighted by Gasteiger charge is -2.49. The minimum Gasteiger partial charge on any atom is -0.455 e. The standard InChI is InChI=1S/C23H20Cl3NO8/c24-23(25,26)22(31)27-16-15-11-6-13-14(34-9-33-13)7-12(11)21(30)35-19(15)20(18(29)17(16)28)32-8-10-4-2-1-3-5-10/h1-7,15-20,28-29H,8-9H2,(H,27,31)/t15-,16-,17+,18+,19-,20-/m1/s1. The summed E-state index contributed by atoms with van der Waals surface area (Å²) in [5.74, 6) is -1.82. The fourth-order valence-corrected chi connectivity index (χ4v) is 4.86. The van der Waals surface area contributed by atoms with Crippen LogP contribution in [0.1, 0.15) is 27.4 Å². The van der Waals surface area contributed by atoms with Crippen molar-refractivity contribution in [2.24, 2.45) is 0 Å². The van der Waals surface area contributed by atoms with Gasteiger partial charge in [-0.3, -0.25) is 4.79 Å². The predicted octanol–water partition coefficient (Wildman–Crippen LogP) is 2.21. The minimum atomic E-state index is -2.33. The van der Waals surface area contributed by atoms with Gasteiger partial charge in [0.25, 0.3) is 9.70 Å². The van der Waals surface area contributed by atoms with Gasteiger partial charge in [0, 0.05) is 5.92 Å². The van der Waals surface area contributed by atoms with E-state index in [0.29, 0.717) is 17.1 Å². The summed E-state index contributed by atoms with van der Waals surface area (Å²) in [7, 11) is 0. The number of hydrogen-bond donors (Lipinski definition) is 3. The number of aliphatic hydroxyl groups excluding tert-OH is 2. The maximum Gasteiger partial charge on any atom is 0.338 e. The van der Waals surface area contributed by atoms with Gasteiger partial charge in [-0.05, 0) is 23.3 Å². The van der Waals surface area contributed by atoms with Crippen LogP contribution in [0.15, 0.2) is 42.5 Å². The molecule has 0 radical (unpaired) electrons. The van der Waals surface area contributed by atoms with Gasteiger partial charge in [-0.1, -0.05) is 65.1 Å². The highest BCUT2D eigenvalue weighted by atomic mass is 35.6. The average Bonchev–Trinajstić information content (AvgIpc) is 3.28. The number of aliphatic hydroxyl groups is 2. The van der Waals surface area contributed by atoms with E-state index in [0.717, 1.165) is 5.56 Å². The molecular formula is C23H20Cl3NO8. The Labute approximate surface area is 214 Å². The van der Waals surface area contributed by atoms with Gasteiger partial charge in [0.15, 0.2) is 11.5 Å². The van der Waals surface area contributed by atoms with Crippen LogP contribution in [0.5, 0.6) is 11.5 Å². The van der Waals surface area contributed by atoms with Gasteiger partial charge in [0.05, 0.1) is 18.2 Å². The molecule has 2 aromatic rings. The Hall–Kier alpha value is -2.27. The summed E-state index contributed by atoms with van der Waals surface area (Å²) in [5, 5.41) is 24.5. The van der Waals surface area contributed by atoms with Gasteiger partial charge in [0.2, 0.25) is 6.79 Å². The number of ether oxygens (including phenoxy) is 4. The molecule has 0 spiro atoms. The molecule has 1 fully saturated rings. The zero-order chi connectivity index (χ0) is 24.9. The highest BCUT2D eigenvalue weighted by Crippen LogP contribution is 2.47. The number of halogens is 3. The molecule has 2 heterocycles. The van der Waals surface area contributed by atoms with E-state index in [1.807, 2.05) is 30.3 Å². The number of nitrogens with one attached hydrogen (secondary N) is 1. The van der Waals surface area contributed by atoms with E-state index in [2.05, 4.69) is 5.32 Å². The highest BCUT2D eigenvalue weighted by Gasteiger charge is 2.57. The molecule has 186 valence electrons. The van der Waals surface area contributed by atoms with E-state index in [1.165, 1.54) is 6.07 Å². The number of hydrogen-bond acceptors (Lipinski definition) is 8. The van der Waals surface area contributed by atoms with E-state index in [1.54, 1.807) is 6.07 Å². The molecule has 12 heteroatoms. The van der Waals surface area contributed by atoms with Crippen LogP contribution >= 0.6 is 34.8 Å². The van der Waals surface area contributed by atoms with Gasteiger partial charge in [-0.15, -0.1) is 0 Å². The van der Waals surface area contributed by atoms with Crippen molar-refractivity contribution in [3.63, 3.8) is 0 Å². The molecule has 0 bridgehead atoms. The molecule has 3 aliphatic rings. The van der Waals surface area contributed by atoms with Crippen molar-refractivity contribution in [1.29, 1.82) is 0 Å². The van der Waals surface area contributed by atoms with Gasteiger partial charge in [-0.25, -0.2) is 4.79 Å². The molecule has 1 saturated carbocycles. The van der Waals surface area contributed by atoms with Crippen LogP contribution in [0.4, 0.5) is 0 Å². The summed E-state index contributed by atoms with van der Waals surface area (Å²) in [6.45, 7) is 0.0498. The van der Waals surface area contributed by atoms with Crippen LogP contribution in [0.25, 0.3) is 0 Å². The number of fused-ring (bicyclic) bond motifs is 4. The first-order chi connectivity index (χ1) is 16.6. The first-order valence-electron chi connectivity index (χ1n) is 10.7. The average molecular weight is 545 g/mol. The van der Waals surface area contributed by atoms with Crippen LogP contribution < -0.4 is 14.8 Å². The van der Waals surface area contributed by atoms with E-state index in [-0.39, 0.29) is 19.0 Å². The fourth-order valence-electron chi connectivity index (χ4n) is 4.70. The van der Waals surface area contributed by atoms with Crippen molar-refractivity contribution in [2.75, 3.05) is 6.79 Å². The van der Waals surface area contributed by atoms with Crippen LogP contribution in [0.3, 0.4) is 0 Å². The molecule has 0 saturated heterocycles. The van der Waals surface area contributed by atoms with Crippen molar-refractivity contribution in [2.45, 2.75) is 46.8 Å². The summed E-state index contributed by atoms with van der Waals surface area (Å²) in [5.41, 5.74) is 1.38. The molecule has 6 atom stereocenters. The smallest absolute Gasteiger partial charge is 0.338 e. The van der Waals surface area contributed by atoms with Crippen molar-refractivity contribution >= 4 is 46.7 Å². The summed E-state index contributed by atoms with van der Waals surface area (Å²) < 4.78 is 20.2. The molecule has 2 aliphatic heterocycles. The second-order valence-electron chi connectivity index (χ2n) is 8.43. The number of carbonyl (C=O) groups excluding carboxylic acids is 2. The number of alkyl halides is 3. The molecule has 1 aliphatic carbocycles. The highest BCUT2D eigenvalue weighted by molar-refractivity contribution is 6.76. The third-order valence-corrected chi connectivity index (χ3v) is 6.84. The maximum absolute atomic E-state index is 13.0. The minimum absolute atomic E-state index is 0.0288. The van der Waals surface area contributed by atoms with E-state index in [4.69, 9.17) is 53.8 Å². The van der Waals surface area contributed by atoms with Crippen LogP contribution in [0, 0.1) is 0 Å². The summed E-state index contributed by atoms with van der Waals surface area (Å²) >= 11 is 17.2. The van der Waals surface area contributed by atoms with Crippen LogP contribution in [-0.4, -0.2) is 63.1 Å². The first kappa shape index (κ1) is 24.4. The van der Waals surface area contributed by atoms with Crippen molar-refractivity contribution < 1.29 is 38.7 Å². The third kappa shape index (κ3) is 4.52. The topological polar surface area (TPSA) is 124 Å². The number of esters is 1. The van der Waals surface area contributed by atoms with Crippen molar-refractivity contribution in [3.05, 3.63) is 59.2 Å². The van der Waals surface area contributed by atoms with Gasteiger partial charge in [0.1, 0.15) is 24.4 Å². The Balaban J connectivity index is 1.55. The molecule has 1 amide bonds. The Morgan fingerprint density at radius 3 is 2.46 bits per heavy atom. The zero-order valence-corrected chi connectivity index (χ0v) is 20.2. The fraction of sp³-hybridized carbons (Fsp3) is 0.391. The van der Waals surface area contributed by atoms with Crippen molar-refractivity contribution in [3.8, 4) is 11.5 Å². The Morgan fingerprint density at radius 2 is 1.77 bits per heavy atom. The molecule has 9 nitrogen and oxygen atoms in total. The quantitative estimate of drug-likeness (QED) is 0.396. The molecule has 3 N–H and O–H groups in total. The number of carbonyl (C=O) groups is 2. The van der Waals surface area contributed by atoms with Crippen molar-refractivity contribution in [1.82, 2.24) is 5.32 Å². The van der Waals surface area contributed by atoms with Gasteiger partial charge < -0.3 is 34.5 Å². The largest absolute Gasteiger partial charge is 0.455 e. The normalized spacial score (nSPS) is 29.1. The lowest BCUT2D eigenvalue weighted by Crippen LogP contribution is -2.67. The number of benzene rings is 2. The molecule has 35 heavy (non-hydrogen) atoms. The van der Waals surface area contributed by atoms with Gasteiger partial charge >= 0.3 is 5.97 Å². The molecule has 0 aromatic heterocycles. The maximum atomic E-state index is 13.0. The number of amides is 1. The van der Waals surface area contributed by atoms with Gasteiger partial charge in [-0.2, -0.15) is 0 Å². The molecular weight excluding hydrogens is 525 g/mol. The van der Waals surface area contributed by atoms with E-state index < -0.39 is 52.0 Å². The first-order valence-corrected chi connectivity index (χ1v) is 11.8. The SMILES string of the molecule is O=C1O[C@H]2[C@H](OCc3ccccc3)[C@@H](O)[C@@H](O)[C@H](NC(=O)C(Cl)(Cl)Cl)[C@H]2c2cc3c(cc21)OCO3. The Kier molecular flexibility index (Phi) is 6.50. The lowest BCUT2D eigenvalue weighted by molar-refractivity contribution is -0.185. The molecule has 0 unspecified atom stereocenters. The second-order valence-corrected chi connectivity index (χ2v) is 10.7. The summed E-state index contributed by atoms with van der Waals surface area (Å²) in [4.78, 5) is 25.5. The Morgan fingerprint density at radius 1 is 1.09 bits per heavy atom. The van der Waals surface area contributed by atoms with Crippen LogP contribution in [-0.2, 0) is 20.9 Å². The van der Waals surface area contributed by atoms with E-state index >= 15 is 0 Å². The van der Waals surface area contributed by atoms with E-state index in [9.17, 15) is 19.8 Å². The monoisotopic (exact) mass is 543 g/mol. The zero-order valence-electron chi connectivity index (χ0n) is 17.9. The Bertz CT molecular complexity index is 1140.